The van der Waals surface area contributed by atoms with Crippen LogP contribution >= 0.6 is 23.4 Å². The Morgan fingerprint density at radius 3 is 2.72 bits per heavy atom. The van der Waals surface area contributed by atoms with Crippen molar-refractivity contribution in [2.45, 2.75) is 4.87 Å². The molecule has 1 aromatic carbocycles. The van der Waals surface area contributed by atoms with Gasteiger partial charge in [-0.15, -0.1) is 23.4 Å². The maximum atomic E-state index is 6.70. The number of nitrogens with zero attached hydrogens (tertiary/aromatic N) is 1. The summed E-state index contributed by atoms with van der Waals surface area (Å²) in [6.07, 6.45) is 2.05. The first-order chi connectivity index (χ1) is 8.80. The normalized spacial score (nSPS) is 27.7. The summed E-state index contributed by atoms with van der Waals surface area (Å²) in [4.78, 5) is 1.88. The molecular formula is C14H15ClNOS. The molecule has 1 unspecified atom stereocenters. The number of rotatable bonds is 2. The fourth-order valence-electron chi connectivity index (χ4n) is 2.35. The number of halogens is 1. The third-order valence-corrected chi connectivity index (χ3v) is 4.67. The first-order valence-electron chi connectivity index (χ1n) is 6.08. The number of morpholine rings is 1. The highest BCUT2D eigenvalue weighted by Gasteiger charge is 2.33. The Hall–Kier alpha value is -0.640. The molecule has 1 aromatic rings. The molecule has 95 valence electrons. The van der Waals surface area contributed by atoms with Crippen LogP contribution in [0.1, 0.15) is 5.56 Å². The van der Waals surface area contributed by atoms with Crippen LogP contribution in [-0.4, -0.2) is 26.3 Å². The molecule has 1 saturated heterocycles. The second-order valence-corrected chi connectivity index (χ2v) is 5.85. The molecule has 2 nitrogen and oxygen atoms in total. The zero-order chi connectivity index (χ0) is 12.4. The highest BCUT2D eigenvalue weighted by molar-refractivity contribution is 8.04. The molecular weight excluding hydrogens is 266 g/mol. The fourth-order valence-corrected chi connectivity index (χ4v) is 3.57. The molecule has 1 radical (unpaired) electrons. The fraction of sp³-hybridized carbons (Fsp3) is 0.357. The minimum Gasteiger partial charge on any atom is -0.378 e. The van der Waals surface area contributed by atoms with Crippen LogP contribution in [0.4, 0.5) is 5.69 Å². The lowest BCUT2D eigenvalue weighted by Crippen LogP contribution is -2.37. The van der Waals surface area contributed by atoms with Crippen molar-refractivity contribution in [1.29, 1.82) is 0 Å². The molecule has 18 heavy (non-hydrogen) atoms. The first kappa shape index (κ1) is 12.4. The highest BCUT2D eigenvalue weighted by Crippen LogP contribution is 2.47. The van der Waals surface area contributed by atoms with Crippen molar-refractivity contribution in [2.75, 3.05) is 31.2 Å². The van der Waals surface area contributed by atoms with Gasteiger partial charge in [0, 0.05) is 24.3 Å². The van der Waals surface area contributed by atoms with Crippen LogP contribution in [0, 0.1) is 5.75 Å². The van der Waals surface area contributed by atoms with Crippen LogP contribution in [0.25, 0.3) is 0 Å². The third kappa shape index (κ3) is 2.27. The van der Waals surface area contributed by atoms with Gasteiger partial charge in [0.1, 0.15) is 4.87 Å². The number of anilines is 1. The maximum Gasteiger partial charge on any atom is 0.104 e. The van der Waals surface area contributed by atoms with Crippen molar-refractivity contribution in [3.63, 3.8) is 0 Å². The van der Waals surface area contributed by atoms with E-state index < -0.39 is 4.87 Å². The average molecular weight is 281 g/mol. The summed E-state index contributed by atoms with van der Waals surface area (Å²) < 4.78 is 5.41. The van der Waals surface area contributed by atoms with E-state index in [0.29, 0.717) is 0 Å². The van der Waals surface area contributed by atoms with Gasteiger partial charge in [-0.1, -0.05) is 24.3 Å². The second kappa shape index (κ2) is 5.16. The van der Waals surface area contributed by atoms with Gasteiger partial charge in [0.25, 0.3) is 0 Å². The number of thioether (sulfide) groups is 1. The van der Waals surface area contributed by atoms with Crippen LogP contribution in [0.15, 0.2) is 35.7 Å². The lowest BCUT2D eigenvalue weighted by atomic mass is 9.97. The van der Waals surface area contributed by atoms with Gasteiger partial charge in [-0.3, -0.25) is 0 Å². The van der Waals surface area contributed by atoms with E-state index in [1.807, 2.05) is 11.5 Å². The number of allylic oxidation sites excluding steroid dienone is 1. The maximum absolute atomic E-state index is 6.70. The van der Waals surface area contributed by atoms with Crippen LogP contribution in [0.5, 0.6) is 0 Å². The summed E-state index contributed by atoms with van der Waals surface area (Å²) in [7, 11) is 0. The number of hydrogen-bond acceptors (Lipinski definition) is 3. The van der Waals surface area contributed by atoms with Crippen molar-refractivity contribution in [2.24, 2.45) is 0 Å². The van der Waals surface area contributed by atoms with Gasteiger partial charge < -0.3 is 9.64 Å². The van der Waals surface area contributed by atoms with E-state index in [0.717, 1.165) is 31.9 Å². The zero-order valence-electron chi connectivity index (χ0n) is 10.0. The van der Waals surface area contributed by atoms with E-state index in [2.05, 4.69) is 34.9 Å². The largest absolute Gasteiger partial charge is 0.378 e. The van der Waals surface area contributed by atoms with E-state index in [1.165, 1.54) is 5.69 Å². The summed E-state index contributed by atoms with van der Waals surface area (Å²) in [6, 6.07) is 8.38. The lowest BCUT2D eigenvalue weighted by Gasteiger charge is -2.33. The molecule has 0 aromatic heterocycles. The Morgan fingerprint density at radius 1 is 1.22 bits per heavy atom. The molecule has 2 heterocycles. The Morgan fingerprint density at radius 2 is 2.00 bits per heavy atom. The molecule has 1 atom stereocenters. The summed E-state index contributed by atoms with van der Waals surface area (Å²) >= 11 is 8.35. The minimum atomic E-state index is -0.473. The van der Waals surface area contributed by atoms with E-state index in [9.17, 15) is 0 Å². The van der Waals surface area contributed by atoms with Crippen molar-refractivity contribution in [1.82, 2.24) is 0 Å². The molecule has 0 amide bonds. The number of benzene rings is 1. The molecule has 0 saturated carbocycles. The smallest absolute Gasteiger partial charge is 0.104 e. The molecule has 0 bridgehead atoms. The zero-order valence-corrected chi connectivity index (χ0v) is 11.6. The van der Waals surface area contributed by atoms with Crippen molar-refractivity contribution >= 4 is 29.1 Å². The standard InChI is InChI=1S/C14H15ClNOS/c15-14(5-10-18-11-14)12-3-1-2-4-13(12)16-6-8-17-9-7-16/h1-5,10-11H,6-9H2. The SMILES string of the molecule is ClC1(c2ccccc2N2CCOCC2)[CH]SC=C1. The third-order valence-electron chi connectivity index (χ3n) is 3.30. The average Bonchev–Trinajstić information content (AvgIpc) is 2.88. The van der Waals surface area contributed by atoms with Gasteiger partial charge in [0.05, 0.1) is 19.0 Å². The summed E-state index contributed by atoms with van der Waals surface area (Å²) in [5.41, 5.74) is 2.38. The van der Waals surface area contributed by atoms with Crippen molar-refractivity contribution in [3.8, 4) is 0 Å². The van der Waals surface area contributed by atoms with E-state index >= 15 is 0 Å². The second-order valence-electron chi connectivity index (χ2n) is 4.44. The molecule has 0 N–H and O–H groups in total. The minimum absolute atomic E-state index is 0.473. The monoisotopic (exact) mass is 280 g/mol. The number of para-hydroxylation sites is 1. The van der Waals surface area contributed by atoms with Gasteiger partial charge in [-0.05, 0) is 11.5 Å². The topological polar surface area (TPSA) is 12.5 Å². The van der Waals surface area contributed by atoms with E-state index in [1.54, 1.807) is 11.8 Å². The van der Waals surface area contributed by atoms with Gasteiger partial charge >= 0.3 is 0 Å². The van der Waals surface area contributed by atoms with E-state index in [4.69, 9.17) is 16.3 Å². The summed E-state index contributed by atoms with van der Waals surface area (Å²) in [5.74, 6) is 2.08. The predicted octanol–water partition coefficient (Wildman–Crippen LogP) is 3.38. The van der Waals surface area contributed by atoms with Gasteiger partial charge in [0.15, 0.2) is 0 Å². The quantitative estimate of drug-likeness (QED) is 0.771. The van der Waals surface area contributed by atoms with Gasteiger partial charge in [0.2, 0.25) is 0 Å². The van der Waals surface area contributed by atoms with Crippen LogP contribution in [-0.2, 0) is 9.61 Å². The Kier molecular flexibility index (Phi) is 3.55. The Labute approximate surface area is 117 Å². The number of hydrogen-bond donors (Lipinski definition) is 0. The molecule has 0 spiro atoms. The van der Waals surface area contributed by atoms with Gasteiger partial charge in [-0.25, -0.2) is 0 Å². The van der Waals surface area contributed by atoms with Crippen molar-refractivity contribution in [3.05, 3.63) is 47.1 Å². The molecule has 3 rings (SSSR count). The molecule has 0 aliphatic carbocycles. The van der Waals surface area contributed by atoms with Crippen LogP contribution in [0.2, 0.25) is 0 Å². The predicted molar refractivity (Wildman–Crippen MR) is 78.0 cm³/mol. The highest BCUT2D eigenvalue weighted by atomic mass is 35.5. The number of ether oxygens (including phenoxy) is 1. The summed E-state index contributed by atoms with van der Waals surface area (Å²) in [5, 5.41) is 2.04. The molecule has 1 fully saturated rings. The van der Waals surface area contributed by atoms with Crippen LogP contribution in [0.3, 0.4) is 0 Å². The van der Waals surface area contributed by atoms with Gasteiger partial charge in [-0.2, -0.15) is 0 Å². The lowest BCUT2D eigenvalue weighted by molar-refractivity contribution is 0.122. The van der Waals surface area contributed by atoms with E-state index in [-0.39, 0.29) is 0 Å². The molecule has 2 aliphatic rings. The first-order valence-corrected chi connectivity index (χ1v) is 7.40. The number of alkyl halides is 1. The van der Waals surface area contributed by atoms with Crippen molar-refractivity contribution < 1.29 is 4.74 Å². The van der Waals surface area contributed by atoms with Crippen LogP contribution < -0.4 is 4.90 Å². The Balaban J connectivity index is 1.96. The Bertz CT molecular complexity index is 459. The molecule has 4 heteroatoms. The molecule has 2 aliphatic heterocycles. The summed E-state index contributed by atoms with van der Waals surface area (Å²) in [6.45, 7) is 3.44.